The van der Waals surface area contributed by atoms with Gasteiger partial charge in [-0.25, -0.2) is 0 Å². The third-order valence-corrected chi connectivity index (χ3v) is 9.82. The van der Waals surface area contributed by atoms with Crippen molar-refractivity contribution in [1.82, 2.24) is 0 Å². The molecule has 0 radical (unpaired) electrons. The average molecular weight is 449 g/mol. The van der Waals surface area contributed by atoms with Gasteiger partial charge in [-0.2, -0.15) is 0 Å². The highest BCUT2D eigenvalue weighted by Crippen LogP contribution is 2.67. The number of hydrogen-bond acceptors (Lipinski definition) is 7. The summed E-state index contributed by atoms with van der Waals surface area (Å²) in [7, 11) is 0. The quantitative estimate of drug-likeness (QED) is 0.659. The fourth-order valence-corrected chi connectivity index (χ4v) is 8.03. The number of carbonyl (C=O) groups is 4. The molecule has 4 aliphatic carbocycles. The van der Waals surface area contributed by atoms with Crippen molar-refractivity contribution < 1.29 is 33.8 Å². The molecule has 8 atom stereocenters. The molecule has 4 rings (SSSR count). The summed E-state index contributed by atoms with van der Waals surface area (Å²) in [6, 6.07) is 0. The molecule has 0 spiro atoms. The molecular weight excluding hydrogens is 412 g/mol. The van der Waals surface area contributed by atoms with Gasteiger partial charge >= 0.3 is 11.9 Å². The van der Waals surface area contributed by atoms with Crippen LogP contribution in [0.1, 0.15) is 79.1 Å². The van der Waals surface area contributed by atoms with Gasteiger partial charge in [-0.1, -0.05) is 6.92 Å². The third-order valence-electron chi connectivity index (χ3n) is 9.82. The number of ketones is 2. The first-order valence-corrected chi connectivity index (χ1v) is 12.0. The van der Waals surface area contributed by atoms with Gasteiger partial charge in [0.15, 0.2) is 6.61 Å². The molecule has 7 heteroatoms. The van der Waals surface area contributed by atoms with Crippen molar-refractivity contribution in [2.24, 2.45) is 34.5 Å². The van der Waals surface area contributed by atoms with Crippen LogP contribution in [-0.2, 0) is 28.7 Å². The molecule has 0 aromatic carbocycles. The van der Waals surface area contributed by atoms with Crippen molar-refractivity contribution >= 4 is 23.5 Å². The van der Waals surface area contributed by atoms with Gasteiger partial charge in [-0.3, -0.25) is 19.2 Å². The highest BCUT2D eigenvalue weighted by Gasteiger charge is 2.70. The first-order chi connectivity index (χ1) is 14.9. The predicted molar refractivity (Wildman–Crippen MR) is 114 cm³/mol. The van der Waals surface area contributed by atoms with E-state index in [1.54, 1.807) is 6.92 Å². The number of carbonyl (C=O) groups excluding carboxylic acids is 4. The molecule has 0 aliphatic heterocycles. The number of fused-ring (bicyclic) bond motifs is 5. The van der Waals surface area contributed by atoms with Gasteiger partial charge in [0, 0.05) is 20.3 Å². The summed E-state index contributed by atoms with van der Waals surface area (Å²) in [6.07, 6.45) is 5.74. The second-order valence-electron chi connectivity index (χ2n) is 11.1. The van der Waals surface area contributed by atoms with Gasteiger partial charge in [-0.05, 0) is 81.0 Å². The third kappa shape index (κ3) is 3.34. The maximum Gasteiger partial charge on any atom is 0.303 e. The van der Waals surface area contributed by atoms with E-state index in [0.717, 1.165) is 32.1 Å². The van der Waals surface area contributed by atoms with E-state index in [9.17, 15) is 24.3 Å². The molecule has 0 unspecified atom stereocenters. The Bertz CT molecular complexity index is 836. The van der Waals surface area contributed by atoms with E-state index in [1.165, 1.54) is 13.8 Å². The molecule has 4 saturated carbocycles. The molecule has 7 nitrogen and oxygen atoms in total. The summed E-state index contributed by atoms with van der Waals surface area (Å²) in [5.41, 5.74) is -2.91. The largest absolute Gasteiger partial charge is 0.463 e. The fourth-order valence-electron chi connectivity index (χ4n) is 8.03. The molecule has 178 valence electrons. The molecule has 32 heavy (non-hydrogen) atoms. The summed E-state index contributed by atoms with van der Waals surface area (Å²) in [5.74, 6) is -0.563. The average Bonchev–Trinajstić information content (AvgIpc) is 3.00. The van der Waals surface area contributed by atoms with E-state index in [1.807, 2.05) is 0 Å². The Morgan fingerprint density at radius 3 is 2.38 bits per heavy atom. The Morgan fingerprint density at radius 1 is 1.00 bits per heavy atom. The standard InChI is InChI=1S/C25H36O7/c1-14(26)31-13-22(29)25(30)10-8-19-18-6-5-16-11-17(32-15(2)27)7-9-23(16,3)20(18)12-21(28)24(19,25)4/h16-20,30H,5-13H2,1-4H3/t16-,17+,18+,19+,20+,23+,24-,25+/m1/s1. The number of ether oxygens (including phenoxy) is 2. The van der Waals surface area contributed by atoms with E-state index < -0.39 is 29.4 Å². The Balaban J connectivity index is 1.57. The van der Waals surface area contributed by atoms with Crippen LogP contribution in [0, 0.1) is 34.5 Å². The maximum absolute atomic E-state index is 13.6. The molecule has 0 amide bonds. The van der Waals surface area contributed by atoms with Crippen molar-refractivity contribution in [2.45, 2.75) is 90.8 Å². The minimum atomic E-state index is -1.78. The van der Waals surface area contributed by atoms with Crippen LogP contribution in [0.4, 0.5) is 0 Å². The highest BCUT2D eigenvalue weighted by molar-refractivity contribution is 5.99. The Labute approximate surface area is 189 Å². The molecule has 0 saturated heterocycles. The lowest BCUT2D eigenvalue weighted by Crippen LogP contribution is -2.63. The van der Waals surface area contributed by atoms with E-state index in [2.05, 4.69) is 6.92 Å². The first-order valence-electron chi connectivity index (χ1n) is 12.0. The topological polar surface area (TPSA) is 107 Å². The van der Waals surface area contributed by atoms with Gasteiger partial charge in [-0.15, -0.1) is 0 Å². The number of esters is 2. The Kier molecular flexibility index (Phi) is 5.80. The highest BCUT2D eigenvalue weighted by atomic mass is 16.5. The van der Waals surface area contributed by atoms with Crippen molar-refractivity contribution in [3.05, 3.63) is 0 Å². The van der Waals surface area contributed by atoms with E-state index in [-0.39, 0.29) is 47.4 Å². The second-order valence-corrected chi connectivity index (χ2v) is 11.1. The summed E-state index contributed by atoms with van der Waals surface area (Å²) in [5, 5.41) is 11.5. The van der Waals surface area contributed by atoms with Crippen molar-refractivity contribution in [2.75, 3.05) is 6.61 Å². The minimum Gasteiger partial charge on any atom is -0.463 e. The lowest BCUT2D eigenvalue weighted by Gasteiger charge is -2.60. The smallest absolute Gasteiger partial charge is 0.303 e. The minimum absolute atomic E-state index is 0.000981. The van der Waals surface area contributed by atoms with Crippen molar-refractivity contribution in [1.29, 1.82) is 0 Å². The van der Waals surface area contributed by atoms with Gasteiger partial charge in [0.05, 0.1) is 5.41 Å². The number of rotatable bonds is 4. The summed E-state index contributed by atoms with van der Waals surface area (Å²) in [6.45, 7) is 6.24. The molecule has 0 aromatic heterocycles. The van der Waals surface area contributed by atoms with Crippen LogP contribution < -0.4 is 0 Å². The normalized spacial score (nSPS) is 45.3. The monoisotopic (exact) mass is 448 g/mol. The SMILES string of the molecule is CC(=O)OCC(=O)[C@@]1(O)CC[C@H]2[C@@H]3CC[C@@H]4C[C@@H](OC(C)=O)CC[C@]4(C)[C@H]3CC(=O)[C@@]21C. The predicted octanol–water partition coefficient (Wildman–Crippen LogP) is 3.00. The molecule has 0 bridgehead atoms. The van der Waals surface area contributed by atoms with Crippen LogP contribution in [0.15, 0.2) is 0 Å². The lowest BCUT2D eigenvalue weighted by atomic mass is 9.44. The molecule has 0 heterocycles. The van der Waals surface area contributed by atoms with Crippen LogP contribution in [0.25, 0.3) is 0 Å². The summed E-state index contributed by atoms with van der Waals surface area (Å²) < 4.78 is 10.4. The zero-order valence-corrected chi connectivity index (χ0v) is 19.6. The maximum atomic E-state index is 13.6. The number of Topliss-reactive ketones (excluding diaryl/α,β-unsaturated/α-hetero) is 2. The number of aliphatic hydroxyl groups is 1. The zero-order chi connectivity index (χ0) is 23.5. The van der Waals surface area contributed by atoms with Crippen LogP contribution in [0.3, 0.4) is 0 Å². The fraction of sp³-hybridized carbons (Fsp3) is 0.840. The van der Waals surface area contributed by atoms with Gasteiger partial charge in [0.25, 0.3) is 0 Å². The Morgan fingerprint density at radius 2 is 1.72 bits per heavy atom. The van der Waals surface area contributed by atoms with Crippen molar-refractivity contribution in [3.63, 3.8) is 0 Å². The van der Waals surface area contributed by atoms with Crippen molar-refractivity contribution in [3.8, 4) is 0 Å². The van der Waals surface area contributed by atoms with Crippen LogP contribution >= 0.6 is 0 Å². The van der Waals surface area contributed by atoms with Crippen LogP contribution in [0.5, 0.6) is 0 Å². The molecular formula is C25H36O7. The van der Waals surface area contributed by atoms with Crippen LogP contribution in [-0.4, -0.2) is 46.9 Å². The summed E-state index contributed by atoms with van der Waals surface area (Å²) >= 11 is 0. The van der Waals surface area contributed by atoms with Crippen LogP contribution in [0.2, 0.25) is 0 Å². The first kappa shape index (κ1) is 23.4. The molecule has 4 aliphatic rings. The van der Waals surface area contributed by atoms with Gasteiger partial charge in [0.2, 0.25) is 5.78 Å². The molecule has 0 aromatic rings. The summed E-state index contributed by atoms with van der Waals surface area (Å²) in [4.78, 5) is 49.2. The zero-order valence-electron chi connectivity index (χ0n) is 19.6. The molecule has 1 N–H and O–H groups in total. The molecule has 4 fully saturated rings. The number of hydrogen-bond donors (Lipinski definition) is 1. The lowest BCUT2D eigenvalue weighted by molar-refractivity contribution is -0.184. The Hall–Kier alpha value is -1.76. The van der Waals surface area contributed by atoms with E-state index >= 15 is 0 Å². The second kappa shape index (κ2) is 7.93. The van der Waals surface area contributed by atoms with E-state index in [0.29, 0.717) is 18.8 Å². The van der Waals surface area contributed by atoms with Gasteiger partial charge < -0.3 is 14.6 Å². The van der Waals surface area contributed by atoms with Gasteiger partial charge in [0.1, 0.15) is 17.5 Å². The van der Waals surface area contributed by atoms with E-state index in [4.69, 9.17) is 9.47 Å².